The third-order valence-corrected chi connectivity index (χ3v) is 8.14. The number of carbonyl (C=O) groups is 3. The van der Waals surface area contributed by atoms with E-state index in [0.717, 1.165) is 31.6 Å². The number of rotatable bonds is 12. The van der Waals surface area contributed by atoms with E-state index in [-0.39, 0.29) is 42.4 Å². The Kier molecular flexibility index (Phi) is 10.1. The van der Waals surface area contributed by atoms with Crippen LogP contribution >= 0.6 is 0 Å². The number of piperidine rings is 1. The molecule has 1 fully saturated rings. The van der Waals surface area contributed by atoms with Crippen molar-refractivity contribution >= 4 is 33.4 Å². The number of amides is 1. The Hall–Kier alpha value is -3.40. The van der Waals surface area contributed by atoms with Crippen molar-refractivity contribution in [3.05, 3.63) is 59.7 Å². The number of nitrogens with zero attached hydrogens (tertiary/aromatic N) is 1. The molecule has 2 aromatic rings. The first kappa shape index (κ1) is 28.2. The topological polar surface area (TPSA) is 130 Å². The lowest BCUT2D eigenvalue weighted by Gasteiger charge is -2.28. The number of carboxylic acids is 1. The van der Waals surface area contributed by atoms with E-state index in [1.165, 1.54) is 18.6 Å². The Bertz CT molecular complexity index is 1170. The molecule has 0 aromatic heterocycles. The van der Waals surface area contributed by atoms with E-state index < -0.39 is 27.8 Å². The summed E-state index contributed by atoms with van der Waals surface area (Å²) in [5.41, 5.74) is 2.22. The van der Waals surface area contributed by atoms with Crippen LogP contribution in [0, 0.1) is 0 Å². The molecule has 10 heteroatoms. The molecule has 1 saturated heterocycles. The zero-order valence-electron chi connectivity index (χ0n) is 21.0. The molecule has 2 aromatic carbocycles. The molecule has 37 heavy (non-hydrogen) atoms. The number of benzene rings is 2. The van der Waals surface area contributed by atoms with E-state index in [0.29, 0.717) is 11.1 Å². The van der Waals surface area contributed by atoms with Crippen molar-refractivity contribution in [1.29, 1.82) is 0 Å². The highest BCUT2D eigenvalue weighted by Crippen LogP contribution is 2.23. The van der Waals surface area contributed by atoms with E-state index in [2.05, 4.69) is 10.2 Å². The molecule has 1 amide bonds. The van der Waals surface area contributed by atoms with Crippen LogP contribution in [0.4, 0.5) is 5.69 Å². The maximum atomic E-state index is 13.1. The lowest BCUT2D eigenvalue weighted by atomic mass is 10.0. The molecule has 0 radical (unpaired) electrons. The standard InChI is InChI=1S/C27H34N2O7S/c1-2-37(34,35)23-12-8-20(9-13-23)24(16-19-36-26(32)15-14-25(30)31)28-27(33)21-6-10-22(11-7-21)29-17-4-3-5-18-29/h6-13,24H,2-5,14-19H2,1H3,(H,28,33)(H,30,31)/t24-/m0/s1. The molecule has 0 spiro atoms. The molecule has 1 heterocycles. The second-order valence-corrected chi connectivity index (χ2v) is 11.3. The fourth-order valence-electron chi connectivity index (χ4n) is 4.19. The second kappa shape index (κ2) is 13.2. The molecular formula is C27H34N2O7S. The highest BCUT2D eigenvalue weighted by Gasteiger charge is 2.19. The number of esters is 1. The number of carbonyl (C=O) groups excluding carboxylic acids is 2. The summed E-state index contributed by atoms with van der Waals surface area (Å²) in [6.07, 6.45) is 3.22. The lowest BCUT2D eigenvalue weighted by molar-refractivity contribution is -0.147. The number of hydrogen-bond donors (Lipinski definition) is 2. The number of nitrogens with one attached hydrogen (secondary N) is 1. The molecule has 0 bridgehead atoms. The van der Waals surface area contributed by atoms with Crippen LogP contribution in [0.5, 0.6) is 0 Å². The Labute approximate surface area is 217 Å². The molecule has 2 N–H and O–H groups in total. The van der Waals surface area contributed by atoms with Gasteiger partial charge in [0.25, 0.3) is 5.91 Å². The summed E-state index contributed by atoms with van der Waals surface area (Å²) in [7, 11) is -3.37. The zero-order chi connectivity index (χ0) is 26.8. The fourth-order valence-corrected chi connectivity index (χ4v) is 5.07. The Morgan fingerprint density at radius 2 is 1.62 bits per heavy atom. The molecule has 1 atom stereocenters. The van der Waals surface area contributed by atoms with Gasteiger partial charge < -0.3 is 20.1 Å². The summed E-state index contributed by atoms with van der Waals surface area (Å²) in [5.74, 6) is -2.05. The van der Waals surface area contributed by atoms with E-state index >= 15 is 0 Å². The van der Waals surface area contributed by atoms with Gasteiger partial charge in [-0.25, -0.2) is 8.42 Å². The average molecular weight is 531 g/mol. The van der Waals surface area contributed by atoms with Gasteiger partial charge in [0.1, 0.15) is 0 Å². The number of carboxylic acid groups (broad SMARTS) is 1. The third-order valence-electron chi connectivity index (χ3n) is 6.39. The van der Waals surface area contributed by atoms with Crippen LogP contribution in [0.3, 0.4) is 0 Å². The maximum absolute atomic E-state index is 13.1. The van der Waals surface area contributed by atoms with Gasteiger partial charge in [-0.1, -0.05) is 19.1 Å². The van der Waals surface area contributed by atoms with E-state index in [1.54, 1.807) is 31.2 Å². The summed E-state index contributed by atoms with van der Waals surface area (Å²) in [5, 5.41) is 11.7. The van der Waals surface area contributed by atoms with Crippen LogP contribution in [0.2, 0.25) is 0 Å². The van der Waals surface area contributed by atoms with Gasteiger partial charge in [0.15, 0.2) is 9.84 Å². The minimum absolute atomic E-state index is 0.0216. The monoisotopic (exact) mass is 530 g/mol. The normalized spacial score (nSPS) is 14.6. The van der Waals surface area contributed by atoms with Crippen LogP contribution in [-0.4, -0.2) is 56.8 Å². The van der Waals surface area contributed by atoms with E-state index in [9.17, 15) is 22.8 Å². The SMILES string of the molecule is CCS(=O)(=O)c1ccc([C@H](CCOC(=O)CCC(=O)O)NC(=O)c2ccc(N3CCCCC3)cc2)cc1. The molecule has 1 aliphatic heterocycles. The number of sulfone groups is 1. The van der Waals surface area contributed by atoms with Crippen molar-refractivity contribution in [3.63, 3.8) is 0 Å². The van der Waals surface area contributed by atoms with Crippen molar-refractivity contribution in [2.45, 2.75) is 56.4 Å². The van der Waals surface area contributed by atoms with Crippen molar-refractivity contribution in [2.75, 3.05) is 30.3 Å². The van der Waals surface area contributed by atoms with Crippen molar-refractivity contribution in [1.82, 2.24) is 5.32 Å². The highest BCUT2D eigenvalue weighted by atomic mass is 32.2. The lowest BCUT2D eigenvalue weighted by Crippen LogP contribution is -2.30. The van der Waals surface area contributed by atoms with E-state index in [4.69, 9.17) is 9.84 Å². The predicted octanol–water partition coefficient (Wildman–Crippen LogP) is 3.74. The quantitative estimate of drug-likeness (QED) is 0.397. The Balaban J connectivity index is 1.70. The zero-order valence-corrected chi connectivity index (χ0v) is 21.8. The number of ether oxygens (including phenoxy) is 1. The molecule has 3 rings (SSSR count). The molecule has 0 aliphatic carbocycles. The average Bonchev–Trinajstić information content (AvgIpc) is 2.92. The molecule has 200 valence electrons. The summed E-state index contributed by atoms with van der Waals surface area (Å²) in [4.78, 5) is 38.0. The smallest absolute Gasteiger partial charge is 0.306 e. The fraction of sp³-hybridized carbons (Fsp3) is 0.444. The van der Waals surface area contributed by atoms with Crippen LogP contribution < -0.4 is 10.2 Å². The third kappa shape index (κ3) is 8.31. The van der Waals surface area contributed by atoms with Crippen LogP contribution in [0.25, 0.3) is 0 Å². The van der Waals surface area contributed by atoms with Crippen molar-refractivity contribution in [2.24, 2.45) is 0 Å². The minimum atomic E-state index is -3.37. The van der Waals surface area contributed by atoms with Crippen LogP contribution in [0.1, 0.15) is 67.4 Å². The largest absolute Gasteiger partial charge is 0.481 e. The first-order valence-electron chi connectivity index (χ1n) is 12.6. The second-order valence-electron chi connectivity index (χ2n) is 9.00. The van der Waals surface area contributed by atoms with Gasteiger partial charge in [-0.15, -0.1) is 0 Å². The van der Waals surface area contributed by atoms with Gasteiger partial charge in [0, 0.05) is 30.8 Å². The van der Waals surface area contributed by atoms with Gasteiger partial charge in [-0.2, -0.15) is 0 Å². The Morgan fingerprint density at radius 1 is 0.973 bits per heavy atom. The first-order valence-corrected chi connectivity index (χ1v) is 14.2. The summed E-state index contributed by atoms with van der Waals surface area (Å²) in [6, 6.07) is 13.1. The molecule has 0 unspecified atom stereocenters. The molecular weight excluding hydrogens is 496 g/mol. The van der Waals surface area contributed by atoms with Crippen molar-refractivity contribution < 1.29 is 32.6 Å². The van der Waals surface area contributed by atoms with Gasteiger partial charge in [-0.3, -0.25) is 14.4 Å². The summed E-state index contributed by atoms with van der Waals surface area (Å²) in [6.45, 7) is 3.54. The van der Waals surface area contributed by atoms with Crippen molar-refractivity contribution in [3.8, 4) is 0 Å². The molecule has 9 nitrogen and oxygen atoms in total. The van der Waals surface area contributed by atoms with E-state index in [1.807, 2.05) is 12.1 Å². The first-order chi connectivity index (χ1) is 17.7. The maximum Gasteiger partial charge on any atom is 0.306 e. The summed E-state index contributed by atoms with van der Waals surface area (Å²) < 4.78 is 29.5. The van der Waals surface area contributed by atoms with Gasteiger partial charge in [0.05, 0.1) is 36.1 Å². The Morgan fingerprint density at radius 3 is 2.22 bits per heavy atom. The summed E-state index contributed by atoms with van der Waals surface area (Å²) >= 11 is 0. The van der Waals surface area contributed by atoms with Gasteiger partial charge in [0.2, 0.25) is 0 Å². The highest BCUT2D eigenvalue weighted by molar-refractivity contribution is 7.91. The number of anilines is 1. The minimum Gasteiger partial charge on any atom is -0.481 e. The predicted molar refractivity (Wildman–Crippen MR) is 139 cm³/mol. The number of hydrogen-bond acceptors (Lipinski definition) is 7. The van der Waals surface area contributed by atoms with Gasteiger partial charge in [-0.05, 0) is 61.2 Å². The molecule has 1 aliphatic rings. The molecule has 0 saturated carbocycles. The van der Waals surface area contributed by atoms with Gasteiger partial charge >= 0.3 is 11.9 Å². The van der Waals surface area contributed by atoms with Crippen LogP contribution in [0.15, 0.2) is 53.4 Å². The number of aliphatic carboxylic acids is 1. The van der Waals surface area contributed by atoms with Crippen LogP contribution in [-0.2, 0) is 24.2 Å².